The van der Waals surface area contributed by atoms with Crippen molar-refractivity contribution in [2.75, 3.05) is 7.11 Å². The van der Waals surface area contributed by atoms with Gasteiger partial charge < -0.3 is 14.2 Å². The summed E-state index contributed by atoms with van der Waals surface area (Å²) in [6.45, 7) is 0.282. The normalized spacial score (nSPS) is 18.9. The standard InChI is InChI=1S/C28H26NO5P/c1-28(2)33-25(26(34-28)27(31)32-3)24(30)23(19-29)35(20-13-7-4-8-14-20,21-15-9-5-10-16-21)22-17-11-6-12-18-22/h4-18,25-26H,1-3H3. The highest BCUT2D eigenvalue weighted by molar-refractivity contribution is 7.97. The third-order valence-corrected chi connectivity index (χ3v) is 10.1. The number of benzene rings is 3. The number of carbonyl (C=O) groups is 2. The van der Waals surface area contributed by atoms with Crippen LogP contribution in [0.3, 0.4) is 0 Å². The fourth-order valence-electron chi connectivity index (χ4n) is 4.46. The smallest absolute Gasteiger partial charge is 0.338 e. The van der Waals surface area contributed by atoms with Crippen LogP contribution in [-0.2, 0) is 23.8 Å². The summed E-state index contributed by atoms with van der Waals surface area (Å²) in [6, 6.07) is 30.9. The van der Waals surface area contributed by atoms with E-state index < -0.39 is 36.6 Å². The summed E-state index contributed by atoms with van der Waals surface area (Å²) < 4.78 is 16.5. The molecule has 0 radical (unpaired) electrons. The van der Waals surface area contributed by atoms with Gasteiger partial charge in [-0.15, -0.1) is 0 Å². The van der Waals surface area contributed by atoms with Crippen molar-refractivity contribution in [1.29, 1.82) is 5.26 Å². The number of ketones is 1. The van der Waals surface area contributed by atoms with Crippen LogP contribution >= 0.6 is 6.89 Å². The van der Waals surface area contributed by atoms with E-state index >= 15 is 0 Å². The Morgan fingerprint density at radius 1 is 0.800 bits per heavy atom. The fourth-order valence-corrected chi connectivity index (χ4v) is 8.60. The quantitative estimate of drug-likeness (QED) is 0.393. The van der Waals surface area contributed by atoms with Crippen molar-refractivity contribution in [2.24, 2.45) is 0 Å². The van der Waals surface area contributed by atoms with Crippen LogP contribution in [0.15, 0.2) is 91.0 Å². The van der Waals surface area contributed by atoms with Crippen LogP contribution in [-0.4, -0.2) is 42.2 Å². The van der Waals surface area contributed by atoms with Gasteiger partial charge in [0.15, 0.2) is 18.0 Å². The van der Waals surface area contributed by atoms with Crippen molar-refractivity contribution in [3.05, 3.63) is 91.0 Å². The van der Waals surface area contributed by atoms with Crippen LogP contribution in [0.4, 0.5) is 0 Å². The van der Waals surface area contributed by atoms with Crippen molar-refractivity contribution < 1.29 is 23.8 Å². The minimum absolute atomic E-state index is 0.0290. The number of carbonyl (C=O) groups excluding carboxylic acids is 2. The zero-order chi connectivity index (χ0) is 25.1. The van der Waals surface area contributed by atoms with Gasteiger partial charge in [-0.3, -0.25) is 4.79 Å². The van der Waals surface area contributed by atoms with E-state index in [1.807, 2.05) is 91.0 Å². The van der Waals surface area contributed by atoms with Gasteiger partial charge in [-0.2, -0.15) is 5.26 Å². The lowest BCUT2D eigenvalue weighted by Crippen LogP contribution is -2.43. The molecule has 0 saturated carbocycles. The van der Waals surface area contributed by atoms with Gasteiger partial charge in [0.1, 0.15) is 11.4 Å². The lowest BCUT2D eigenvalue weighted by molar-refractivity contribution is -0.168. The molecule has 1 fully saturated rings. The van der Waals surface area contributed by atoms with Crippen LogP contribution in [0, 0.1) is 11.3 Å². The second kappa shape index (κ2) is 10.0. The van der Waals surface area contributed by atoms with Gasteiger partial charge >= 0.3 is 5.97 Å². The van der Waals surface area contributed by atoms with Crippen LogP contribution in [0.25, 0.3) is 0 Å². The Bertz CT molecular complexity index is 1210. The number of rotatable bonds is 6. The number of nitriles is 1. The Morgan fingerprint density at radius 2 is 1.20 bits per heavy atom. The predicted molar refractivity (Wildman–Crippen MR) is 137 cm³/mol. The molecule has 1 aliphatic rings. The van der Waals surface area contributed by atoms with Crippen LogP contribution < -0.4 is 15.9 Å². The highest BCUT2D eigenvalue weighted by atomic mass is 31.2. The molecule has 7 heteroatoms. The molecule has 0 spiro atoms. The Labute approximate surface area is 205 Å². The summed E-state index contributed by atoms with van der Waals surface area (Å²) >= 11 is 0. The molecule has 178 valence electrons. The molecule has 6 nitrogen and oxygen atoms in total. The first-order valence-electron chi connectivity index (χ1n) is 11.2. The molecule has 1 saturated heterocycles. The van der Waals surface area contributed by atoms with Gasteiger partial charge in [0, 0.05) is 0 Å². The fraction of sp³-hybridized carbons (Fsp3) is 0.214. The van der Waals surface area contributed by atoms with Crippen molar-refractivity contribution in [3.8, 4) is 6.07 Å². The summed E-state index contributed by atoms with van der Waals surface area (Å²) in [5, 5.41) is 13.2. The van der Waals surface area contributed by atoms with Crippen LogP contribution in [0.5, 0.6) is 0 Å². The third-order valence-electron chi connectivity index (χ3n) is 5.89. The van der Waals surface area contributed by atoms with E-state index in [1.54, 1.807) is 13.8 Å². The molecule has 1 aliphatic heterocycles. The summed E-state index contributed by atoms with van der Waals surface area (Å²) in [7, 11) is 1.22. The molecule has 2 unspecified atom stereocenters. The Hall–Kier alpha value is -3.49. The minimum Gasteiger partial charge on any atom is -0.467 e. The van der Waals surface area contributed by atoms with E-state index in [9.17, 15) is 14.9 Å². The molecule has 0 amide bonds. The van der Waals surface area contributed by atoms with E-state index in [0.29, 0.717) is 0 Å². The van der Waals surface area contributed by atoms with Gasteiger partial charge in [-0.25, -0.2) is 4.79 Å². The van der Waals surface area contributed by atoms with E-state index in [0.717, 1.165) is 15.9 Å². The van der Waals surface area contributed by atoms with Gasteiger partial charge in [0.25, 0.3) is 0 Å². The maximum Gasteiger partial charge on any atom is 0.338 e. The molecule has 35 heavy (non-hydrogen) atoms. The highest BCUT2D eigenvalue weighted by Crippen LogP contribution is 2.47. The number of hydrogen-bond acceptors (Lipinski definition) is 6. The first-order valence-corrected chi connectivity index (χ1v) is 12.9. The first kappa shape index (κ1) is 24.6. The summed E-state index contributed by atoms with van der Waals surface area (Å²) in [5.74, 6) is -2.51. The monoisotopic (exact) mass is 487 g/mol. The van der Waals surface area contributed by atoms with E-state index in [4.69, 9.17) is 14.2 Å². The summed E-state index contributed by atoms with van der Waals surface area (Å²) in [5.41, 5.74) is 0. The van der Waals surface area contributed by atoms with Crippen molar-refractivity contribution in [1.82, 2.24) is 0 Å². The van der Waals surface area contributed by atoms with Gasteiger partial charge in [0.2, 0.25) is 5.78 Å². The number of methoxy groups -OCH3 is 1. The maximum atomic E-state index is 14.2. The second-order valence-electron chi connectivity index (χ2n) is 8.50. The van der Waals surface area contributed by atoms with E-state index in [1.165, 1.54) is 7.11 Å². The molecule has 0 N–H and O–H groups in total. The molecule has 1 heterocycles. The Balaban J connectivity index is 2.10. The first-order chi connectivity index (χ1) is 16.8. The second-order valence-corrected chi connectivity index (χ2v) is 11.8. The van der Waals surface area contributed by atoms with E-state index in [2.05, 4.69) is 6.07 Å². The molecule has 2 atom stereocenters. The van der Waals surface area contributed by atoms with Gasteiger partial charge in [-0.1, -0.05) is 91.0 Å². The minimum atomic E-state index is -2.96. The van der Waals surface area contributed by atoms with Crippen molar-refractivity contribution in [2.45, 2.75) is 31.8 Å². The third kappa shape index (κ3) is 4.47. The molecule has 4 rings (SSSR count). The summed E-state index contributed by atoms with van der Waals surface area (Å²) in [4.78, 5) is 26.7. The number of ether oxygens (including phenoxy) is 3. The lowest BCUT2D eigenvalue weighted by Gasteiger charge is -2.30. The Morgan fingerprint density at radius 3 is 1.57 bits per heavy atom. The Kier molecular flexibility index (Phi) is 7.05. The molecule has 0 aromatic heterocycles. The molecule has 3 aromatic carbocycles. The number of nitrogens with zero attached hydrogens (tertiary/aromatic N) is 1. The predicted octanol–water partition coefficient (Wildman–Crippen LogP) is 2.94. The topological polar surface area (TPSA) is 85.6 Å². The number of Topliss-reactive ketones (excluding diaryl/α,β-unsaturated/α-hetero) is 1. The van der Waals surface area contributed by atoms with Gasteiger partial charge in [-0.05, 0) is 36.6 Å². The molecule has 3 aromatic rings. The SMILES string of the molecule is COC(=O)C1OC(C)(C)OC1C(=O)C(C#N)=P(c1ccccc1)(c1ccccc1)c1ccccc1. The van der Waals surface area contributed by atoms with Gasteiger partial charge in [0.05, 0.1) is 7.11 Å². The highest BCUT2D eigenvalue weighted by Gasteiger charge is 2.51. The molecule has 0 aliphatic carbocycles. The average Bonchev–Trinajstić information content (AvgIpc) is 3.23. The van der Waals surface area contributed by atoms with Crippen molar-refractivity contribution >= 4 is 39.8 Å². The zero-order valence-electron chi connectivity index (χ0n) is 19.8. The van der Waals surface area contributed by atoms with Crippen LogP contribution in [0.2, 0.25) is 0 Å². The summed E-state index contributed by atoms with van der Waals surface area (Å²) in [6.07, 6.45) is -2.60. The maximum absolute atomic E-state index is 14.2. The largest absolute Gasteiger partial charge is 0.467 e. The van der Waals surface area contributed by atoms with E-state index in [-0.39, 0.29) is 5.29 Å². The lowest BCUT2D eigenvalue weighted by atomic mass is 10.1. The molecule has 0 bridgehead atoms. The number of esters is 1. The number of hydrogen-bond donors (Lipinski definition) is 0. The van der Waals surface area contributed by atoms with Crippen LogP contribution in [0.1, 0.15) is 13.8 Å². The van der Waals surface area contributed by atoms with Crippen molar-refractivity contribution in [3.63, 3.8) is 0 Å². The zero-order valence-corrected chi connectivity index (χ0v) is 20.6. The molecular formula is C28H26NO5P. The average molecular weight is 487 g/mol. The molecular weight excluding hydrogens is 461 g/mol.